The molecule has 0 spiro atoms. The molecule has 1 amide bonds. The second-order valence-electron chi connectivity index (χ2n) is 5.91. The first-order valence-electron chi connectivity index (χ1n) is 9.32. The van der Waals surface area contributed by atoms with E-state index < -0.39 is 0 Å². The van der Waals surface area contributed by atoms with E-state index in [1.807, 2.05) is 25.1 Å². The average Bonchev–Trinajstić information content (AvgIpc) is 2.76. The van der Waals surface area contributed by atoms with Crippen molar-refractivity contribution in [2.75, 3.05) is 46.3 Å². The number of methoxy groups -OCH3 is 2. The number of nitrogens with one attached hydrogen (secondary N) is 3. The molecular weight excluding hydrogens is 372 g/mol. The molecule has 0 heterocycles. The van der Waals surface area contributed by atoms with E-state index in [1.165, 1.54) is 0 Å². The minimum Gasteiger partial charge on any atom is -0.497 e. The summed E-state index contributed by atoms with van der Waals surface area (Å²) < 4.78 is 16.0. The highest BCUT2D eigenvalue weighted by molar-refractivity contribution is 5.95. The molecule has 0 fully saturated rings. The molecule has 0 bridgehead atoms. The zero-order valence-electron chi connectivity index (χ0n) is 17.2. The Balaban J connectivity index is 1.83. The van der Waals surface area contributed by atoms with Gasteiger partial charge < -0.3 is 30.2 Å². The Morgan fingerprint density at radius 3 is 2.31 bits per heavy atom. The summed E-state index contributed by atoms with van der Waals surface area (Å²) >= 11 is 0. The van der Waals surface area contributed by atoms with Gasteiger partial charge in [0.05, 0.1) is 20.8 Å². The highest BCUT2D eigenvalue weighted by Gasteiger charge is 2.08. The zero-order valence-corrected chi connectivity index (χ0v) is 17.2. The number of hydrogen-bond donors (Lipinski definition) is 3. The largest absolute Gasteiger partial charge is 0.497 e. The highest BCUT2D eigenvalue weighted by atomic mass is 16.5. The smallest absolute Gasteiger partial charge is 0.251 e. The van der Waals surface area contributed by atoms with Crippen molar-refractivity contribution in [3.05, 3.63) is 48.0 Å². The molecule has 29 heavy (non-hydrogen) atoms. The van der Waals surface area contributed by atoms with Gasteiger partial charge in [0, 0.05) is 37.5 Å². The number of benzene rings is 2. The van der Waals surface area contributed by atoms with Crippen LogP contribution in [0.3, 0.4) is 0 Å². The van der Waals surface area contributed by atoms with Gasteiger partial charge in [-0.3, -0.25) is 9.79 Å². The molecule has 2 aromatic rings. The summed E-state index contributed by atoms with van der Waals surface area (Å²) in [4.78, 5) is 16.3. The van der Waals surface area contributed by atoms with Crippen LogP contribution in [0.15, 0.2) is 47.5 Å². The number of guanidine groups is 1. The summed E-state index contributed by atoms with van der Waals surface area (Å²) in [5.41, 5.74) is 1.39. The van der Waals surface area contributed by atoms with Crippen molar-refractivity contribution in [3.8, 4) is 17.2 Å². The minimum absolute atomic E-state index is 0.145. The predicted octanol–water partition coefficient (Wildman–Crippen LogP) is 2.52. The van der Waals surface area contributed by atoms with E-state index in [0.29, 0.717) is 48.5 Å². The number of rotatable bonds is 9. The molecule has 3 N–H and O–H groups in total. The lowest BCUT2D eigenvalue weighted by Gasteiger charge is -2.15. The Kier molecular flexibility index (Phi) is 8.62. The van der Waals surface area contributed by atoms with Crippen LogP contribution in [0, 0.1) is 0 Å². The maximum Gasteiger partial charge on any atom is 0.251 e. The Morgan fingerprint density at radius 2 is 1.69 bits per heavy atom. The van der Waals surface area contributed by atoms with E-state index in [-0.39, 0.29) is 5.91 Å². The number of nitrogens with zero attached hydrogens (tertiary/aromatic N) is 1. The van der Waals surface area contributed by atoms with Crippen LogP contribution in [0.25, 0.3) is 0 Å². The van der Waals surface area contributed by atoms with E-state index in [0.717, 1.165) is 5.69 Å². The first kappa shape index (κ1) is 21.9. The lowest BCUT2D eigenvalue weighted by atomic mass is 10.2. The number of anilines is 1. The lowest BCUT2D eigenvalue weighted by molar-refractivity contribution is 0.0954. The molecule has 0 unspecified atom stereocenters. The zero-order chi connectivity index (χ0) is 21.1. The molecule has 0 aromatic heterocycles. The fourth-order valence-corrected chi connectivity index (χ4v) is 2.54. The van der Waals surface area contributed by atoms with Crippen molar-refractivity contribution in [1.82, 2.24) is 10.6 Å². The first-order chi connectivity index (χ1) is 14.1. The Morgan fingerprint density at radius 1 is 0.966 bits per heavy atom. The molecule has 156 valence electrons. The summed E-state index contributed by atoms with van der Waals surface area (Å²) in [6.07, 6.45) is 0. The molecule has 0 aliphatic heterocycles. The maximum atomic E-state index is 12.2. The molecule has 0 atom stereocenters. The van der Waals surface area contributed by atoms with Gasteiger partial charge >= 0.3 is 0 Å². The average molecular weight is 400 g/mol. The fourth-order valence-electron chi connectivity index (χ4n) is 2.54. The third-order valence-electron chi connectivity index (χ3n) is 4.01. The van der Waals surface area contributed by atoms with Gasteiger partial charge in [0.25, 0.3) is 5.91 Å². The Labute approximate surface area is 171 Å². The van der Waals surface area contributed by atoms with Gasteiger partial charge in [0.2, 0.25) is 0 Å². The number of hydrogen-bond acceptors (Lipinski definition) is 5. The Bertz CT molecular complexity index is 822. The van der Waals surface area contributed by atoms with Crippen LogP contribution < -0.4 is 30.2 Å². The molecule has 0 saturated carbocycles. The predicted molar refractivity (Wildman–Crippen MR) is 114 cm³/mol. The van der Waals surface area contributed by atoms with Crippen LogP contribution in [-0.2, 0) is 0 Å². The number of carbonyl (C=O) groups is 1. The number of ether oxygens (including phenoxy) is 3. The summed E-state index contributed by atoms with van der Waals surface area (Å²) in [5, 5.41) is 9.20. The molecule has 2 rings (SSSR count). The molecule has 0 aliphatic carbocycles. The topological polar surface area (TPSA) is 93.2 Å². The highest BCUT2D eigenvalue weighted by Crippen LogP contribution is 2.30. The van der Waals surface area contributed by atoms with Crippen molar-refractivity contribution in [1.29, 1.82) is 0 Å². The normalized spacial score (nSPS) is 10.8. The number of aliphatic imine (C=N–C) groups is 1. The quantitative estimate of drug-likeness (QED) is 0.340. The molecule has 8 heteroatoms. The number of amides is 1. The van der Waals surface area contributed by atoms with Crippen LogP contribution in [0.2, 0.25) is 0 Å². The van der Waals surface area contributed by atoms with Crippen LogP contribution in [0.4, 0.5) is 5.69 Å². The number of carbonyl (C=O) groups excluding carboxylic acids is 1. The SMILES string of the molecule is CCOc1cc(NC(=NC)NCCNC(=O)c2ccc(OC)cc2)ccc1OC. The van der Waals surface area contributed by atoms with Gasteiger partial charge in [-0.05, 0) is 43.3 Å². The van der Waals surface area contributed by atoms with E-state index >= 15 is 0 Å². The first-order valence-corrected chi connectivity index (χ1v) is 9.32. The minimum atomic E-state index is -0.145. The second kappa shape index (κ2) is 11.4. The van der Waals surface area contributed by atoms with Crippen LogP contribution >= 0.6 is 0 Å². The fraction of sp³-hybridized carbons (Fsp3) is 0.333. The molecule has 2 aromatic carbocycles. The van der Waals surface area contributed by atoms with Gasteiger partial charge in [-0.2, -0.15) is 0 Å². The molecule has 8 nitrogen and oxygen atoms in total. The summed E-state index contributed by atoms with van der Waals surface area (Å²) in [5.74, 6) is 2.47. The third kappa shape index (κ3) is 6.60. The van der Waals surface area contributed by atoms with Crippen LogP contribution in [0.5, 0.6) is 17.2 Å². The van der Waals surface area contributed by atoms with Crippen LogP contribution in [-0.4, -0.2) is 52.8 Å². The van der Waals surface area contributed by atoms with Gasteiger partial charge in [-0.15, -0.1) is 0 Å². The van der Waals surface area contributed by atoms with Gasteiger partial charge in [0.1, 0.15) is 5.75 Å². The van der Waals surface area contributed by atoms with Crippen molar-refractivity contribution < 1.29 is 19.0 Å². The maximum absolute atomic E-state index is 12.2. The van der Waals surface area contributed by atoms with E-state index in [4.69, 9.17) is 14.2 Å². The van der Waals surface area contributed by atoms with E-state index in [1.54, 1.807) is 45.5 Å². The summed E-state index contributed by atoms with van der Waals surface area (Å²) in [6.45, 7) is 3.41. The van der Waals surface area contributed by atoms with Gasteiger partial charge in [-0.1, -0.05) is 0 Å². The monoisotopic (exact) mass is 400 g/mol. The molecule has 0 aliphatic rings. The van der Waals surface area contributed by atoms with Crippen LogP contribution in [0.1, 0.15) is 17.3 Å². The van der Waals surface area contributed by atoms with Crippen molar-refractivity contribution in [2.24, 2.45) is 4.99 Å². The van der Waals surface area contributed by atoms with Crippen molar-refractivity contribution in [3.63, 3.8) is 0 Å². The lowest BCUT2D eigenvalue weighted by Crippen LogP contribution is -2.37. The summed E-state index contributed by atoms with van der Waals surface area (Å²) in [7, 11) is 4.87. The van der Waals surface area contributed by atoms with E-state index in [2.05, 4.69) is 20.9 Å². The van der Waals surface area contributed by atoms with E-state index in [9.17, 15) is 4.79 Å². The van der Waals surface area contributed by atoms with Gasteiger partial charge in [0.15, 0.2) is 17.5 Å². The molecule has 0 saturated heterocycles. The Hall–Kier alpha value is -3.42. The van der Waals surface area contributed by atoms with Crippen molar-refractivity contribution in [2.45, 2.75) is 6.92 Å². The van der Waals surface area contributed by atoms with Gasteiger partial charge in [-0.25, -0.2) is 0 Å². The molecule has 0 radical (unpaired) electrons. The third-order valence-corrected chi connectivity index (χ3v) is 4.01. The standard InChI is InChI=1S/C21H28N4O4/c1-5-29-19-14-16(8-11-18(19)28-4)25-21(22-2)24-13-12-23-20(26)15-6-9-17(27-3)10-7-15/h6-11,14H,5,12-13H2,1-4H3,(H,23,26)(H2,22,24,25). The van der Waals surface area contributed by atoms with Crippen molar-refractivity contribution >= 4 is 17.6 Å². The second-order valence-corrected chi connectivity index (χ2v) is 5.91. The molecular formula is C21H28N4O4. The summed E-state index contributed by atoms with van der Waals surface area (Å²) in [6, 6.07) is 12.5.